The first-order valence-electron chi connectivity index (χ1n) is 7.26. The number of nitrogens with two attached hydrogens (primary N) is 1. The highest BCUT2D eigenvalue weighted by molar-refractivity contribution is 5.48. The number of benzene rings is 1. The number of likely N-dealkylation sites (N-methyl/N-ethyl adjacent to an activating group) is 2. The third-order valence-electron chi connectivity index (χ3n) is 3.59. The van der Waals surface area contributed by atoms with Gasteiger partial charge in [0.05, 0.1) is 0 Å². The molecular formula is C16H29N3. The van der Waals surface area contributed by atoms with E-state index in [1.54, 1.807) is 0 Å². The molecule has 1 rings (SSSR count). The Kier molecular flexibility index (Phi) is 6.32. The van der Waals surface area contributed by atoms with Crippen molar-refractivity contribution < 1.29 is 0 Å². The Labute approximate surface area is 118 Å². The minimum atomic E-state index is 0.156. The number of hydrogen-bond donors (Lipinski definition) is 1. The summed E-state index contributed by atoms with van der Waals surface area (Å²) in [6.45, 7) is 8.68. The highest BCUT2D eigenvalue weighted by atomic mass is 15.2. The van der Waals surface area contributed by atoms with Gasteiger partial charge in [-0.25, -0.2) is 0 Å². The third-order valence-corrected chi connectivity index (χ3v) is 3.59. The quantitative estimate of drug-likeness (QED) is 0.821. The molecule has 19 heavy (non-hydrogen) atoms. The van der Waals surface area contributed by atoms with Gasteiger partial charge in [-0.3, -0.25) is 0 Å². The Morgan fingerprint density at radius 1 is 1.11 bits per heavy atom. The van der Waals surface area contributed by atoms with Crippen molar-refractivity contribution >= 4 is 5.69 Å². The van der Waals surface area contributed by atoms with Crippen LogP contribution in [0.1, 0.15) is 38.8 Å². The van der Waals surface area contributed by atoms with Crippen molar-refractivity contribution in [2.24, 2.45) is 5.73 Å². The van der Waals surface area contributed by atoms with Crippen LogP contribution in [0.5, 0.6) is 0 Å². The van der Waals surface area contributed by atoms with Crippen LogP contribution in [0.15, 0.2) is 24.3 Å². The molecule has 0 saturated carbocycles. The molecule has 0 spiro atoms. The molecule has 0 aliphatic heterocycles. The Bertz CT molecular complexity index is 359. The molecule has 3 heteroatoms. The zero-order chi connectivity index (χ0) is 14.4. The van der Waals surface area contributed by atoms with Crippen LogP contribution in [-0.4, -0.2) is 38.1 Å². The van der Waals surface area contributed by atoms with Crippen molar-refractivity contribution in [1.29, 1.82) is 0 Å². The van der Waals surface area contributed by atoms with Crippen LogP contribution >= 0.6 is 0 Å². The number of rotatable bonds is 7. The van der Waals surface area contributed by atoms with Gasteiger partial charge in [0.15, 0.2) is 0 Å². The second kappa shape index (κ2) is 7.51. The van der Waals surface area contributed by atoms with Crippen molar-refractivity contribution in [3.63, 3.8) is 0 Å². The van der Waals surface area contributed by atoms with E-state index in [4.69, 9.17) is 5.73 Å². The molecule has 0 aliphatic carbocycles. The Morgan fingerprint density at radius 2 is 1.68 bits per heavy atom. The topological polar surface area (TPSA) is 32.5 Å². The lowest BCUT2D eigenvalue weighted by Gasteiger charge is -2.32. The van der Waals surface area contributed by atoms with Gasteiger partial charge >= 0.3 is 0 Å². The predicted octanol–water partition coefficient (Wildman–Crippen LogP) is 2.87. The maximum atomic E-state index is 6.06. The largest absolute Gasteiger partial charge is 0.368 e. The van der Waals surface area contributed by atoms with E-state index < -0.39 is 0 Å². The van der Waals surface area contributed by atoms with E-state index in [0.717, 1.165) is 19.5 Å². The SMILES string of the molecule is CC[C@@H](N)c1ccc(N(CC)C(C)CN(C)C)cc1. The van der Waals surface area contributed by atoms with E-state index in [1.165, 1.54) is 11.3 Å². The number of anilines is 1. The van der Waals surface area contributed by atoms with Crippen molar-refractivity contribution in [2.45, 2.75) is 39.3 Å². The Hall–Kier alpha value is -1.06. The number of hydrogen-bond acceptors (Lipinski definition) is 3. The lowest BCUT2D eigenvalue weighted by atomic mass is 10.0. The lowest BCUT2D eigenvalue weighted by molar-refractivity contribution is 0.373. The average Bonchev–Trinajstić information content (AvgIpc) is 2.38. The van der Waals surface area contributed by atoms with Gasteiger partial charge in [-0.2, -0.15) is 0 Å². The average molecular weight is 263 g/mol. The van der Waals surface area contributed by atoms with Crippen LogP contribution in [0.4, 0.5) is 5.69 Å². The second-order valence-electron chi connectivity index (χ2n) is 5.50. The van der Waals surface area contributed by atoms with Gasteiger partial charge in [0.2, 0.25) is 0 Å². The molecule has 1 aromatic carbocycles. The molecular weight excluding hydrogens is 234 g/mol. The summed E-state index contributed by atoms with van der Waals surface area (Å²) in [5, 5.41) is 0. The monoisotopic (exact) mass is 263 g/mol. The van der Waals surface area contributed by atoms with Crippen molar-refractivity contribution in [3.05, 3.63) is 29.8 Å². The Balaban J connectivity index is 2.81. The summed E-state index contributed by atoms with van der Waals surface area (Å²) in [7, 11) is 4.24. The first-order valence-corrected chi connectivity index (χ1v) is 7.26. The van der Waals surface area contributed by atoms with E-state index in [1.807, 2.05) is 0 Å². The summed E-state index contributed by atoms with van der Waals surface area (Å²) in [5.41, 5.74) is 8.56. The molecule has 0 radical (unpaired) electrons. The molecule has 2 N–H and O–H groups in total. The molecule has 1 unspecified atom stereocenters. The predicted molar refractivity (Wildman–Crippen MR) is 84.7 cm³/mol. The molecule has 0 saturated heterocycles. The first-order chi connectivity index (χ1) is 8.99. The molecule has 0 heterocycles. The Morgan fingerprint density at radius 3 is 2.11 bits per heavy atom. The zero-order valence-corrected chi connectivity index (χ0v) is 13.1. The van der Waals surface area contributed by atoms with Crippen LogP contribution in [0.25, 0.3) is 0 Å². The zero-order valence-electron chi connectivity index (χ0n) is 13.1. The minimum absolute atomic E-state index is 0.156. The van der Waals surface area contributed by atoms with E-state index >= 15 is 0 Å². The fraction of sp³-hybridized carbons (Fsp3) is 0.625. The third kappa shape index (κ3) is 4.51. The maximum absolute atomic E-state index is 6.06. The molecule has 1 aromatic rings. The molecule has 0 bridgehead atoms. The van der Waals surface area contributed by atoms with E-state index in [9.17, 15) is 0 Å². The van der Waals surface area contributed by atoms with Gasteiger partial charge in [-0.05, 0) is 52.1 Å². The second-order valence-corrected chi connectivity index (χ2v) is 5.50. The summed E-state index contributed by atoms with van der Waals surface area (Å²) in [6.07, 6.45) is 0.980. The summed E-state index contributed by atoms with van der Waals surface area (Å²) >= 11 is 0. The van der Waals surface area contributed by atoms with Gasteiger partial charge < -0.3 is 15.5 Å². The molecule has 0 aromatic heterocycles. The van der Waals surface area contributed by atoms with Crippen molar-refractivity contribution in [1.82, 2.24) is 4.90 Å². The number of nitrogens with zero attached hydrogens (tertiary/aromatic N) is 2. The summed E-state index contributed by atoms with van der Waals surface area (Å²) in [6, 6.07) is 9.37. The summed E-state index contributed by atoms with van der Waals surface area (Å²) in [4.78, 5) is 4.66. The van der Waals surface area contributed by atoms with Crippen molar-refractivity contribution in [3.8, 4) is 0 Å². The van der Waals surface area contributed by atoms with Gasteiger partial charge in [-0.1, -0.05) is 19.1 Å². The van der Waals surface area contributed by atoms with Gasteiger partial charge in [0.1, 0.15) is 0 Å². The van der Waals surface area contributed by atoms with Crippen LogP contribution < -0.4 is 10.6 Å². The normalized spacial score (nSPS) is 14.5. The smallest absolute Gasteiger partial charge is 0.0388 e. The fourth-order valence-electron chi connectivity index (χ4n) is 2.52. The first kappa shape index (κ1) is 16.0. The van der Waals surface area contributed by atoms with E-state index in [0.29, 0.717) is 6.04 Å². The highest BCUT2D eigenvalue weighted by Crippen LogP contribution is 2.21. The van der Waals surface area contributed by atoms with Crippen LogP contribution in [0.2, 0.25) is 0 Å². The van der Waals surface area contributed by atoms with Gasteiger partial charge in [0.25, 0.3) is 0 Å². The molecule has 108 valence electrons. The maximum Gasteiger partial charge on any atom is 0.0388 e. The van der Waals surface area contributed by atoms with Crippen molar-refractivity contribution in [2.75, 3.05) is 32.1 Å². The summed E-state index contributed by atoms with van der Waals surface area (Å²) < 4.78 is 0. The van der Waals surface area contributed by atoms with E-state index in [2.05, 4.69) is 68.9 Å². The van der Waals surface area contributed by atoms with Crippen LogP contribution in [-0.2, 0) is 0 Å². The minimum Gasteiger partial charge on any atom is -0.368 e. The van der Waals surface area contributed by atoms with Crippen LogP contribution in [0, 0.1) is 0 Å². The van der Waals surface area contributed by atoms with Crippen LogP contribution in [0.3, 0.4) is 0 Å². The molecule has 0 amide bonds. The van der Waals surface area contributed by atoms with Gasteiger partial charge in [0, 0.05) is 30.9 Å². The molecule has 0 fully saturated rings. The van der Waals surface area contributed by atoms with Gasteiger partial charge in [-0.15, -0.1) is 0 Å². The molecule has 2 atom stereocenters. The highest BCUT2D eigenvalue weighted by Gasteiger charge is 2.14. The fourth-order valence-corrected chi connectivity index (χ4v) is 2.52. The van der Waals surface area contributed by atoms with E-state index in [-0.39, 0.29) is 6.04 Å². The lowest BCUT2D eigenvalue weighted by Crippen LogP contribution is -2.40. The summed E-state index contributed by atoms with van der Waals surface area (Å²) in [5.74, 6) is 0. The molecule has 0 aliphatic rings. The standard InChI is InChI=1S/C16H29N3/c1-6-16(17)14-8-10-15(11-9-14)19(7-2)13(3)12-18(4)5/h8-11,13,16H,6-7,12,17H2,1-5H3/t13?,16-/m1/s1. The molecule has 3 nitrogen and oxygen atoms in total.